The highest BCUT2D eigenvalue weighted by molar-refractivity contribution is 5.28. The van der Waals surface area contributed by atoms with Crippen molar-refractivity contribution < 1.29 is 0 Å². The summed E-state index contributed by atoms with van der Waals surface area (Å²) in [5.41, 5.74) is 2.73. The SMILES string of the molecule is CCCNc1ncc(CN2C[C@H](c3ccccc3)[C@H]3[C@@H]2C2CCN3CC2)cn1. The van der Waals surface area contributed by atoms with Crippen LogP contribution >= 0.6 is 0 Å². The maximum absolute atomic E-state index is 4.53. The summed E-state index contributed by atoms with van der Waals surface area (Å²) in [5, 5.41) is 3.27. The van der Waals surface area contributed by atoms with Crippen molar-refractivity contribution in [3.63, 3.8) is 0 Å². The molecule has 0 spiro atoms. The van der Waals surface area contributed by atoms with Crippen LogP contribution in [-0.2, 0) is 6.54 Å². The number of likely N-dealkylation sites (tertiary alicyclic amines) is 1. The largest absolute Gasteiger partial charge is 0.354 e. The van der Waals surface area contributed by atoms with Gasteiger partial charge in [0, 0.05) is 55.6 Å². The van der Waals surface area contributed by atoms with Gasteiger partial charge in [-0.1, -0.05) is 37.3 Å². The van der Waals surface area contributed by atoms with Crippen LogP contribution in [0.15, 0.2) is 42.7 Å². The second-order valence-corrected chi connectivity index (χ2v) is 8.64. The number of piperidine rings is 3. The maximum Gasteiger partial charge on any atom is 0.222 e. The number of benzene rings is 1. The minimum Gasteiger partial charge on any atom is -0.354 e. The van der Waals surface area contributed by atoms with Crippen LogP contribution < -0.4 is 5.32 Å². The molecular weight excluding hydrogens is 346 g/mol. The van der Waals surface area contributed by atoms with Gasteiger partial charge >= 0.3 is 0 Å². The molecule has 28 heavy (non-hydrogen) atoms. The molecule has 4 aliphatic heterocycles. The first-order valence-corrected chi connectivity index (χ1v) is 10.9. The smallest absolute Gasteiger partial charge is 0.222 e. The fourth-order valence-corrected chi connectivity index (χ4v) is 5.71. The molecule has 2 bridgehead atoms. The van der Waals surface area contributed by atoms with Crippen molar-refractivity contribution in [3.8, 4) is 0 Å². The molecule has 0 aliphatic carbocycles. The molecule has 0 unspecified atom stereocenters. The molecule has 0 saturated carbocycles. The van der Waals surface area contributed by atoms with Crippen LogP contribution in [0.3, 0.4) is 0 Å². The number of nitrogens with one attached hydrogen (secondary N) is 1. The lowest BCUT2D eigenvalue weighted by atomic mass is 9.75. The number of aromatic nitrogens is 2. The van der Waals surface area contributed by atoms with E-state index >= 15 is 0 Å². The lowest BCUT2D eigenvalue weighted by Gasteiger charge is -2.51. The first-order valence-electron chi connectivity index (χ1n) is 10.9. The van der Waals surface area contributed by atoms with Crippen LogP contribution in [-0.4, -0.2) is 58.0 Å². The van der Waals surface area contributed by atoms with Gasteiger partial charge in [0.25, 0.3) is 0 Å². The average molecular weight is 378 g/mol. The summed E-state index contributed by atoms with van der Waals surface area (Å²) >= 11 is 0. The van der Waals surface area contributed by atoms with Crippen molar-refractivity contribution >= 4 is 5.95 Å². The normalized spacial score (nSPS) is 31.7. The highest BCUT2D eigenvalue weighted by Crippen LogP contribution is 2.46. The van der Waals surface area contributed by atoms with Crippen LogP contribution in [0.5, 0.6) is 0 Å². The zero-order valence-electron chi connectivity index (χ0n) is 16.8. The van der Waals surface area contributed by atoms with Crippen molar-refractivity contribution in [2.45, 2.75) is 50.7 Å². The van der Waals surface area contributed by atoms with Crippen LogP contribution in [0.4, 0.5) is 5.95 Å². The lowest BCUT2D eigenvalue weighted by Crippen LogP contribution is -2.59. The fourth-order valence-electron chi connectivity index (χ4n) is 5.71. The maximum atomic E-state index is 4.53. The predicted molar refractivity (Wildman–Crippen MR) is 112 cm³/mol. The third kappa shape index (κ3) is 3.31. The second-order valence-electron chi connectivity index (χ2n) is 8.64. The Bertz CT molecular complexity index is 769. The second kappa shape index (κ2) is 7.80. The van der Waals surface area contributed by atoms with Crippen molar-refractivity contribution in [1.29, 1.82) is 0 Å². The number of nitrogens with zero attached hydrogens (tertiary/aromatic N) is 4. The van der Waals surface area contributed by atoms with Gasteiger partial charge in [-0.15, -0.1) is 0 Å². The zero-order chi connectivity index (χ0) is 18.9. The van der Waals surface area contributed by atoms with E-state index in [0.717, 1.165) is 37.9 Å². The summed E-state index contributed by atoms with van der Waals surface area (Å²) in [7, 11) is 0. The summed E-state index contributed by atoms with van der Waals surface area (Å²) < 4.78 is 0. The molecule has 5 heteroatoms. The van der Waals surface area contributed by atoms with Gasteiger partial charge in [-0.3, -0.25) is 9.80 Å². The number of hydrogen-bond acceptors (Lipinski definition) is 5. The molecule has 4 saturated heterocycles. The summed E-state index contributed by atoms with van der Waals surface area (Å²) in [4.78, 5) is 14.6. The highest BCUT2D eigenvalue weighted by atomic mass is 15.3. The minimum atomic E-state index is 0.612. The van der Waals surface area contributed by atoms with Crippen LogP contribution in [0.1, 0.15) is 43.2 Å². The van der Waals surface area contributed by atoms with Gasteiger partial charge in [-0.05, 0) is 43.8 Å². The standard InChI is InChI=1S/C23H31N5/c1-2-10-24-23-25-13-17(14-26-23)15-28-16-20(18-6-4-3-5-7-18)22-21(28)19-8-11-27(22)12-9-19/h3-7,13-14,19-22H,2,8-12,15-16H2,1H3,(H,24,25,26)/t20-,21+,22+/m1/s1. The lowest BCUT2D eigenvalue weighted by molar-refractivity contribution is -0.00873. The third-order valence-corrected chi connectivity index (χ3v) is 6.95. The van der Waals surface area contributed by atoms with Crippen LogP contribution in [0, 0.1) is 5.92 Å². The molecule has 1 aromatic heterocycles. The fraction of sp³-hybridized carbons (Fsp3) is 0.565. The van der Waals surface area contributed by atoms with Crippen LogP contribution in [0.25, 0.3) is 0 Å². The molecule has 0 radical (unpaired) electrons. The highest BCUT2D eigenvalue weighted by Gasteiger charge is 2.53. The summed E-state index contributed by atoms with van der Waals surface area (Å²) in [5.74, 6) is 2.20. The Kier molecular flexibility index (Phi) is 5.03. The van der Waals surface area contributed by atoms with E-state index in [-0.39, 0.29) is 0 Å². The van der Waals surface area contributed by atoms with Gasteiger partial charge in [-0.2, -0.15) is 0 Å². The molecule has 1 aromatic carbocycles. The topological polar surface area (TPSA) is 44.3 Å². The van der Waals surface area contributed by atoms with E-state index in [9.17, 15) is 0 Å². The summed E-state index contributed by atoms with van der Waals surface area (Å²) in [6, 6.07) is 12.5. The van der Waals surface area contributed by atoms with E-state index in [1.54, 1.807) is 0 Å². The summed E-state index contributed by atoms with van der Waals surface area (Å²) in [6.07, 6.45) is 7.82. The van der Waals surface area contributed by atoms with Gasteiger partial charge in [0.1, 0.15) is 0 Å². The number of rotatable bonds is 6. The van der Waals surface area contributed by atoms with Gasteiger partial charge in [0.15, 0.2) is 0 Å². The van der Waals surface area contributed by atoms with Gasteiger partial charge in [0.2, 0.25) is 5.95 Å². The molecule has 5 nitrogen and oxygen atoms in total. The van der Waals surface area contributed by atoms with Gasteiger partial charge in [0.05, 0.1) is 0 Å². The average Bonchev–Trinajstić information content (AvgIpc) is 3.16. The Labute approximate surface area is 168 Å². The Morgan fingerprint density at radius 2 is 1.79 bits per heavy atom. The molecule has 4 fully saturated rings. The van der Waals surface area contributed by atoms with E-state index < -0.39 is 0 Å². The molecule has 0 amide bonds. The number of anilines is 1. The van der Waals surface area contributed by atoms with Crippen molar-refractivity contribution in [1.82, 2.24) is 19.8 Å². The Hall–Kier alpha value is -1.98. The van der Waals surface area contributed by atoms with E-state index in [1.165, 1.54) is 37.1 Å². The van der Waals surface area contributed by atoms with E-state index in [1.807, 2.05) is 12.4 Å². The third-order valence-electron chi connectivity index (χ3n) is 6.95. The Balaban J connectivity index is 1.37. The summed E-state index contributed by atoms with van der Waals surface area (Å²) in [6.45, 7) is 7.74. The molecular formula is C23H31N5. The monoisotopic (exact) mass is 377 g/mol. The molecule has 6 rings (SSSR count). The van der Waals surface area contributed by atoms with Gasteiger partial charge < -0.3 is 5.32 Å². The minimum absolute atomic E-state index is 0.612. The van der Waals surface area contributed by atoms with Gasteiger partial charge in [-0.25, -0.2) is 9.97 Å². The zero-order valence-corrected chi connectivity index (χ0v) is 16.8. The number of hydrogen-bond donors (Lipinski definition) is 1. The first-order chi connectivity index (χ1) is 13.8. The van der Waals surface area contributed by atoms with E-state index in [2.05, 4.69) is 62.3 Å². The quantitative estimate of drug-likeness (QED) is 0.836. The molecule has 2 aromatic rings. The molecule has 148 valence electrons. The van der Waals surface area contributed by atoms with E-state index in [4.69, 9.17) is 0 Å². The number of fused-ring (bicyclic) bond motifs is 2. The first kappa shape index (κ1) is 18.1. The van der Waals surface area contributed by atoms with Crippen molar-refractivity contribution in [3.05, 3.63) is 53.9 Å². The van der Waals surface area contributed by atoms with Crippen molar-refractivity contribution in [2.75, 3.05) is 31.5 Å². The van der Waals surface area contributed by atoms with Crippen molar-refractivity contribution in [2.24, 2.45) is 5.92 Å². The Morgan fingerprint density at radius 3 is 2.50 bits per heavy atom. The molecule has 3 atom stereocenters. The van der Waals surface area contributed by atoms with E-state index in [0.29, 0.717) is 18.0 Å². The molecule has 1 N–H and O–H groups in total. The predicted octanol–water partition coefficient (Wildman–Crippen LogP) is 3.36. The molecule has 4 aliphatic rings. The molecule has 5 heterocycles. The van der Waals surface area contributed by atoms with Crippen LogP contribution in [0.2, 0.25) is 0 Å². The Morgan fingerprint density at radius 1 is 1.04 bits per heavy atom.